The Morgan fingerprint density at radius 1 is 1.14 bits per heavy atom. The molecule has 152 valence electrons. The number of benzene rings is 1. The van der Waals surface area contributed by atoms with Crippen molar-refractivity contribution in [3.63, 3.8) is 0 Å². The van der Waals surface area contributed by atoms with Crippen LogP contribution in [0.1, 0.15) is 18.7 Å². The third-order valence-corrected chi connectivity index (χ3v) is 5.34. The summed E-state index contributed by atoms with van der Waals surface area (Å²) in [6, 6.07) is 11.4. The van der Waals surface area contributed by atoms with Crippen LogP contribution in [0.2, 0.25) is 5.02 Å². The second-order valence-electron chi connectivity index (χ2n) is 6.96. The zero-order valence-corrected chi connectivity index (χ0v) is 17.0. The normalized spacial score (nSPS) is 14.4. The maximum Gasteiger partial charge on any atom is 0.231 e. The fraction of sp³-hybridized carbons (Fsp3) is 0.400. The first-order valence-corrected chi connectivity index (χ1v) is 10.1. The lowest BCUT2D eigenvalue weighted by molar-refractivity contribution is -0.131. The number of nitrogens with zero attached hydrogens (tertiary/aromatic N) is 6. The monoisotopic (exact) mass is 414 g/mol. The average Bonchev–Trinajstić information content (AvgIpc) is 3.16. The predicted octanol–water partition coefficient (Wildman–Crippen LogP) is 2.46. The Balaban J connectivity index is 1.28. The molecule has 0 aliphatic carbocycles. The fourth-order valence-electron chi connectivity index (χ4n) is 3.52. The summed E-state index contributed by atoms with van der Waals surface area (Å²) >= 11 is 6.08. The lowest BCUT2D eigenvalue weighted by Gasteiger charge is -2.36. The summed E-state index contributed by atoms with van der Waals surface area (Å²) in [6.07, 6.45) is 1.82. The van der Waals surface area contributed by atoms with E-state index in [9.17, 15) is 4.79 Å². The average molecular weight is 415 g/mol. The van der Waals surface area contributed by atoms with E-state index in [0.717, 1.165) is 42.7 Å². The summed E-state index contributed by atoms with van der Waals surface area (Å²) < 4.78 is 6.83. The van der Waals surface area contributed by atoms with Crippen LogP contribution in [-0.4, -0.2) is 63.9 Å². The molecule has 0 radical (unpaired) electrons. The van der Waals surface area contributed by atoms with Gasteiger partial charge in [0.1, 0.15) is 0 Å². The summed E-state index contributed by atoms with van der Waals surface area (Å²) in [5.41, 5.74) is 1.77. The number of amides is 1. The molecule has 0 spiro atoms. The molecule has 29 heavy (non-hydrogen) atoms. The number of aromatic nitrogens is 4. The topological polar surface area (TPSA) is 75.9 Å². The summed E-state index contributed by atoms with van der Waals surface area (Å²) in [4.78, 5) is 16.8. The van der Waals surface area contributed by atoms with Gasteiger partial charge in [0.15, 0.2) is 11.5 Å². The van der Waals surface area contributed by atoms with Crippen molar-refractivity contribution in [3.8, 4) is 5.88 Å². The van der Waals surface area contributed by atoms with Crippen molar-refractivity contribution in [1.29, 1.82) is 0 Å². The van der Waals surface area contributed by atoms with E-state index in [2.05, 4.69) is 26.3 Å². The van der Waals surface area contributed by atoms with Gasteiger partial charge in [0.25, 0.3) is 0 Å². The third-order valence-electron chi connectivity index (χ3n) is 5.11. The van der Waals surface area contributed by atoms with Gasteiger partial charge in [-0.25, -0.2) is 0 Å². The van der Waals surface area contributed by atoms with Crippen LogP contribution in [-0.2, 0) is 11.2 Å². The SMILES string of the molecule is COc1ccc2nnc(CCCC(=O)N3CCN(c4cccc(Cl)c4)CC3)n2n1. The van der Waals surface area contributed by atoms with Crippen molar-refractivity contribution in [2.45, 2.75) is 19.3 Å². The van der Waals surface area contributed by atoms with E-state index < -0.39 is 0 Å². The molecule has 0 unspecified atom stereocenters. The van der Waals surface area contributed by atoms with Gasteiger partial charge >= 0.3 is 0 Å². The first-order valence-electron chi connectivity index (χ1n) is 9.67. The van der Waals surface area contributed by atoms with Crippen LogP contribution in [0.3, 0.4) is 0 Å². The number of carbonyl (C=O) groups is 1. The lowest BCUT2D eigenvalue weighted by atomic mass is 10.2. The van der Waals surface area contributed by atoms with E-state index >= 15 is 0 Å². The second-order valence-corrected chi connectivity index (χ2v) is 7.40. The minimum atomic E-state index is 0.176. The molecule has 1 fully saturated rings. The molecule has 1 aromatic carbocycles. The number of piperazine rings is 1. The highest BCUT2D eigenvalue weighted by Gasteiger charge is 2.21. The van der Waals surface area contributed by atoms with Crippen LogP contribution in [0.5, 0.6) is 5.88 Å². The Morgan fingerprint density at radius 3 is 2.72 bits per heavy atom. The smallest absolute Gasteiger partial charge is 0.231 e. The minimum Gasteiger partial charge on any atom is -0.480 e. The maximum atomic E-state index is 12.6. The molecule has 1 amide bonds. The Hall–Kier alpha value is -2.87. The molecule has 2 aromatic heterocycles. The van der Waals surface area contributed by atoms with Crippen molar-refractivity contribution >= 4 is 28.8 Å². The quantitative estimate of drug-likeness (QED) is 0.616. The molecule has 0 saturated carbocycles. The molecule has 4 rings (SSSR count). The first kappa shape index (κ1) is 19.4. The van der Waals surface area contributed by atoms with E-state index in [0.29, 0.717) is 30.8 Å². The predicted molar refractivity (Wildman–Crippen MR) is 111 cm³/mol. The van der Waals surface area contributed by atoms with Gasteiger partial charge in [-0.1, -0.05) is 17.7 Å². The van der Waals surface area contributed by atoms with Crippen LogP contribution in [0, 0.1) is 0 Å². The lowest BCUT2D eigenvalue weighted by Crippen LogP contribution is -2.48. The number of anilines is 1. The Kier molecular flexibility index (Phi) is 5.80. The Bertz CT molecular complexity index is 1000. The summed E-state index contributed by atoms with van der Waals surface area (Å²) in [5.74, 6) is 1.42. The minimum absolute atomic E-state index is 0.176. The van der Waals surface area contributed by atoms with Gasteiger partial charge in [0, 0.05) is 55.8 Å². The molecule has 1 aliphatic heterocycles. The number of hydrogen-bond donors (Lipinski definition) is 0. The van der Waals surface area contributed by atoms with E-state index in [1.54, 1.807) is 17.7 Å². The van der Waals surface area contributed by atoms with Gasteiger partial charge in [-0.2, -0.15) is 4.52 Å². The number of methoxy groups -OCH3 is 1. The largest absolute Gasteiger partial charge is 0.480 e. The van der Waals surface area contributed by atoms with Crippen LogP contribution in [0.4, 0.5) is 5.69 Å². The van der Waals surface area contributed by atoms with E-state index in [1.807, 2.05) is 29.2 Å². The van der Waals surface area contributed by atoms with Gasteiger partial charge < -0.3 is 14.5 Å². The highest BCUT2D eigenvalue weighted by Crippen LogP contribution is 2.21. The summed E-state index contributed by atoms with van der Waals surface area (Å²) in [5, 5.41) is 13.4. The third kappa shape index (κ3) is 4.42. The van der Waals surface area contributed by atoms with Crippen molar-refractivity contribution in [1.82, 2.24) is 24.7 Å². The molecule has 3 heterocycles. The number of ether oxygens (including phenoxy) is 1. The molecule has 1 aliphatic rings. The number of hydrogen-bond acceptors (Lipinski definition) is 6. The molecule has 9 heteroatoms. The zero-order valence-electron chi connectivity index (χ0n) is 16.3. The highest BCUT2D eigenvalue weighted by molar-refractivity contribution is 6.30. The van der Waals surface area contributed by atoms with Crippen molar-refractivity contribution < 1.29 is 9.53 Å². The molecule has 0 bridgehead atoms. The molecule has 3 aromatic rings. The number of carbonyl (C=O) groups excluding carboxylic acids is 1. The fourth-order valence-corrected chi connectivity index (χ4v) is 3.71. The van der Waals surface area contributed by atoms with Crippen molar-refractivity contribution in [3.05, 3.63) is 47.2 Å². The van der Waals surface area contributed by atoms with Crippen LogP contribution in [0.15, 0.2) is 36.4 Å². The molecule has 0 N–H and O–H groups in total. The Morgan fingerprint density at radius 2 is 1.97 bits per heavy atom. The van der Waals surface area contributed by atoms with E-state index in [4.69, 9.17) is 16.3 Å². The van der Waals surface area contributed by atoms with Crippen LogP contribution < -0.4 is 9.64 Å². The molecule has 8 nitrogen and oxygen atoms in total. The maximum absolute atomic E-state index is 12.6. The zero-order chi connectivity index (χ0) is 20.2. The van der Waals surface area contributed by atoms with Gasteiger partial charge in [0.2, 0.25) is 11.8 Å². The summed E-state index contributed by atoms with van der Waals surface area (Å²) in [7, 11) is 1.57. The van der Waals surface area contributed by atoms with Crippen LogP contribution in [0.25, 0.3) is 5.65 Å². The second kappa shape index (κ2) is 8.65. The van der Waals surface area contributed by atoms with E-state index in [1.165, 1.54) is 0 Å². The Labute approximate surface area is 174 Å². The first-order chi connectivity index (χ1) is 14.1. The number of fused-ring (bicyclic) bond motifs is 1. The number of halogens is 1. The number of aryl methyl sites for hydroxylation is 1. The van der Waals surface area contributed by atoms with Crippen molar-refractivity contribution in [2.24, 2.45) is 0 Å². The molecule has 0 atom stereocenters. The number of rotatable bonds is 6. The molecule has 1 saturated heterocycles. The van der Waals surface area contributed by atoms with E-state index in [-0.39, 0.29) is 5.91 Å². The molecular weight excluding hydrogens is 392 g/mol. The van der Waals surface area contributed by atoms with Crippen LogP contribution >= 0.6 is 11.6 Å². The standard InChI is InChI=1S/C20H23ClN6O2/c1-29-19-9-8-18-23-22-17(27(18)24-19)6-3-7-20(28)26-12-10-25(11-13-26)16-5-2-4-15(21)14-16/h2,4-5,8-9,14H,3,6-7,10-13H2,1H3. The summed E-state index contributed by atoms with van der Waals surface area (Å²) in [6.45, 7) is 3.06. The van der Waals surface area contributed by atoms with Gasteiger partial charge in [-0.05, 0) is 30.7 Å². The van der Waals surface area contributed by atoms with Gasteiger partial charge in [-0.3, -0.25) is 4.79 Å². The van der Waals surface area contributed by atoms with Gasteiger partial charge in [0.05, 0.1) is 7.11 Å². The molecular formula is C20H23ClN6O2. The van der Waals surface area contributed by atoms with Crippen molar-refractivity contribution in [2.75, 3.05) is 38.2 Å². The van der Waals surface area contributed by atoms with Gasteiger partial charge in [-0.15, -0.1) is 15.3 Å². The highest BCUT2D eigenvalue weighted by atomic mass is 35.5.